The number of fused-ring (bicyclic) bond motifs is 1. The van der Waals surface area contributed by atoms with Crippen LogP contribution in [-0.2, 0) is 6.42 Å². The highest BCUT2D eigenvalue weighted by Crippen LogP contribution is 2.29. The summed E-state index contributed by atoms with van der Waals surface area (Å²) in [6, 6.07) is 14.9. The van der Waals surface area contributed by atoms with Gasteiger partial charge in [-0.25, -0.2) is 4.98 Å². The topological polar surface area (TPSA) is 28.7 Å². The highest BCUT2D eigenvalue weighted by atomic mass is 14.9. The second kappa shape index (κ2) is 4.88. The first-order valence-electron chi connectivity index (χ1n) is 6.76. The second-order valence-corrected chi connectivity index (χ2v) is 5.35. The molecule has 2 nitrogen and oxygen atoms in total. The van der Waals surface area contributed by atoms with E-state index in [2.05, 4.69) is 66.3 Å². The monoisotopic (exact) mass is 250 g/mol. The van der Waals surface area contributed by atoms with Gasteiger partial charge in [-0.1, -0.05) is 56.3 Å². The maximum atomic E-state index is 4.53. The number of nitrogens with one attached hydrogen (secondary N) is 1. The molecular formula is C17H18N2. The number of H-pyrrole nitrogens is 1. The average molecular weight is 250 g/mol. The maximum absolute atomic E-state index is 4.53. The molecule has 0 atom stereocenters. The summed E-state index contributed by atoms with van der Waals surface area (Å²) >= 11 is 0. The van der Waals surface area contributed by atoms with Crippen LogP contribution in [0.3, 0.4) is 0 Å². The van der Waals surface area contributed by atoms with Gasteiger partial charge in [0.1, 0.15) is 0 Å². The third-order valence-corrected chi connectivity index (χ3v) is 3.38. The Kier molecular flexibility index (Phi) is 3.08. The predicted octanol–water partition coefficient (Wildman–Crippen LogP) is 4.43. The number of aromatic amines is 1. The maximum Gasteiger partial charge on any atom is 0.0929 e. The Labute approximate surface area is 113 Å². The largest absolute Gasteiger partial charge is 0.348 e. The van der Waals surface area contributed by atoms with E-state index in [1.807, 2.05) is 0 Å². The predicted molar refractivity (Wildman–Crippen MR) is 80.1 cm³/mol. The number of imidazole rings is 1. The number of rotatable bonds is 3. The molecule has 0 aliphatic carbocycles. The normalized spacial score (nSPS) is 11.3. The molecular weight excluding hydrogens is 232 g/mol. The van der Waals surface area contributed by atoms with E-state index in [4.69, 9.17) is 0 Å². The molecule has 1 N–H and O–H groups in total. The van der Waals surface area contributed by atoms with Crippen molar-refractivity contribution in [2.75, 3.05) is 0 Å². The van der Waals surface area contributed by atoms with Crippen molar-refractivity contribution in [3.63, 3.8) is 0 Å². The minimum atomic E-state index is 0.620. The van der Waals surface area contributed by atoms with Crippen LogP contribution in [0.15, 0.2) is 48.8 Å². The molecule has 0 radical (unpaired) electrons. The van der Waals surface area contributed by atoms with E-state index in [0.717, 1.165) is 12.1 Å². The van der Waals surface area contributed by atoms with E-state index in [1.54, 1.807) is 6.33 Å². The van der Waals surface area contributed by atoms with Gasteiger partial charge < -0.3 is 4.98 Å². The molecule has 0 unspecified atom stereocenters. The number of aromatic nitrogens is 2. The fourth-order valence-electron chi connectivity index (χ4n) is 2.55. The van der Waals surface area contributed by atoms with Crippen LogP contribution in [0.1, 0.15) is 19.5 Å². The zero-order valence-corrected chi connectivity index (χ0v) is 11.4. The summed E-state index contributed by atoms with van der Waals surface area (Å²) in [5.74, 6) is 0.620. The van der Waals surface area contributed by atoms with Crippen LogP contribution in [0, 0.1) is 5.92 Å². The van der Waals surface area contributed by atoms with Crippen LogP contribution in [-0.4, -0.2) is 9.97 Å². The van der Waals surface area contributed by atoms with Crippen molar-refractivity contribution in [2.24, 2.45) is 5.92 Å². The van der Waals surface area contributed by atoms with Crippen molar-refractivity contribution in [3.05, 3.63) is 54.5 Å². The van der Waals surface area contributed by atoms with Gasteiger partial charge in [0.15, 0.2) is 0 Å². The minimum absolute atomic E-state index is 0.620. The molecule has 0 aliphatic rings. The molecule has 0 bridgehead atoms. The Morgan fingerprint density at radius 2 is 1.84 bits per heavy atom. The zero-order chi connectivity index (χ0) is 13.2. The summed E-state index contributed by atoms with van der Waals surface area (Å²) < 4.78 is 0. The Morgan fingerprint density at radius 3 is 2.68 bits per heavy atom. The van der Waals surface area contributed by atoms with Gasteiger partial charge in [-0.2, -0.15) is 0 Å². The van der Waals surface area contributed by atoms with Crippen LogP contribution >= 0.6 is 0 Å². The van der Waals surface area contributed by atoms with E-state index in [0.29, 0.717) is 5.92 Å². The third-order valence-electron chi connectivity index (χ3n) is 3.38. The SMILES string of the molecule is CC(C)Cc1[nH]cnc1-c1cccc2ccccc12. The van der Waals surface area contributed by atoms with Crippen LogP contribution in [0.2, 0.25) is 0 Å². The molecule has 96 valence electrons. The smallest absolute Gasteiger partial charge is 0.0929 e. The zero-order valence-electron chi connectivity index (χ0n) is 11.4. The lowest BCUT2D eigenvalue weighted by Gasteiger charge is -2.08. The van der Waals surface area contributed by atoms with Gasteiger partial charge in [-0.15, -0.1) is 0 Å². The summed E-state index contributed by atoms with van der Waals surface area (Å²) in [4.78, 5) is 7.82. The summed E-state index contributed by atoms with van der Waals surface area (Å²) in [5.41, 5.74) is 3.53. The lowest BCUT2D eigenvalue weighted by molar-refractivity contribution is 0.638. The number of benzene rings is 2. The fraction of sp³-hybridized carbons (Fsp3) is 0.235. The van der Waals surface area contributed by atoms with E-state index in [9.17, 15) is 0 Å². The molecule has 0 aliphatic heterocycles. The van der Waals surface area contributed by atoms with Crippen LogP contribution in [0.25, 0.3) is 22.0 Å². The molecule has 3 rings (SSSR count). The molecule has 1 heterocycles. The van der Waals surface area contributed by atoms with Crippen molar-refractivity contribution < 1.29 is 0 Å². The summed E-state index contributed by atoms with van der Waals surface area (Å²) in [6.45, 7) is 4.46. The minimum Gasteiger partial charge on any atom is -0.348 e. The molecule has 0 spiro atoms. The van der Waals surface area contributed by atoms with Gasteiger partial charge in [0.2, 0.25) is 0 Å². The number of nitrogens with zero attached hydrogens (tertiary/aromatic N) is 1. The van der Waals surface area contributed by atoms with E-state index < -0.39 is 0 Å². The molecule has 0 saturated carbocycles. The van der Waals surface area contributed by atoms with Gasteiger partial charge in [-0.05, 0) is 23.1 Å². The highest BCUT2D eigenvalue weighted by molar-refractivity contribution is 5.96. The lowest BCUT2D eigenvalue weighted by Crippen LogP contribution is -1.97. The van der Waals surface area contributed by atoms with Gasteiger partial charge in [0.25, 0.3) is 0 Å². The molecule has 0 saturated heterocycles. The third kappa shape index (κ3) is 2.26. The van der Waals surface area contributed by atoms with Crippen molar-refractivity contribution in [1.29, 1.82) is 0 Å². The lowest BCUT2D eigenvalue weighted by atomic mass is 9.98. The summed E-state index contributed by atoms with van der Waals surface area (Å²) in [6.07, 6.45) is 2.83. The van der Waals surface area contributed by atoms with Crippen molar-refractivity contribution in [2.45, 2.75) is 20.3 Å². The Hall–Kier alpha value is -2.09. The standard InChI is InChI=1S/C17H18N2/c1-12(2)10-16-17(19-11-18-16)15-9-5-7-13-6-3-4-8-14(13)15/h3-9,11-12H,10H2,1-2H3,(H,18,19). The van der Waals surface area contributed by atoms with Gasteiger partial charge in [0.05, 0.1) is 12.0 Å². The van der Waals surface area contributed by atoms with E-state index in [1.165, 1.54) is 22.0 Å². The van der Waals surface area contributed by atoms with Crippen LogP contribution < -0.4 is 0 Å². The molecule has 1 aromatic heterocycles. The van der Waals surface area contributed by atoms with E-state index >= 15 is 0 Å². The number of hydrogen-bond donors (Lipinski definition) is 1. The second-order valence-electron chi connectivity index (χ2n) is 5.35. The van der Waals surface area contributed by atoms with Crippen LogP contribution in [0.5, 0.6) is 0 Å². The molecule has 0 amide bonds. The molecule has 19 heavy (non-hydrogen) atoms. The van der Waals surface area contributed by atoms with Gasteiger partial charge in [-0.3, -0.25) is 0 Å². The van der Waals surface area contributed by atoms with Crippen molar-refractivity contribution >= 4 is 10.8 Å². The Bertz CT molecular complexity index is 690. The highest BCUT2D eigenvalue weighted by Gasteiger charge is 2.12. The molecule has 0 fully saturated rings. The fourth-order valence-corrected chi connectivity index (χ4v) is 2.55. The first kappa shape index (κ1) is 12.0. The Morgan fingerprint density at radius 1 is 1.05 bits per heavy atom. The molecule has 2 heteroatoms. The average Bonchev–Trinajstić information content (AvgIpc) is 2.85. The quantitative estimate of drug-likeness (QED) is 0.732. The first-order valence-corrected chi connectivity index (χ1v) is 6.76. The summed E-state index contributed by atoms with van der Waals surface area (Å²) in [5, 5.41) is 2.53. The van der Waals surface area contributed by atoms with Crippen molar-refractivity contribution in [3.8, 4) is 11.3 Å². The van der Waals surface area contributed by atoms with Crippen LogP contribution in [0.4, 0.5) is 0 Å². The van der Waals surface area contributed by atoms with Gasteiger partial charge in [0, 0.05) is 11.3 Å². The molecule has 3 aromatic rings. The first-order chi connectivity index (χ1) is 9.25. The van der Waals surface area contributed by atoms with E-state index in [-0.39, 0.29) is 0 Å². The summed E-state index contributed by atoms with van der Waals surface area (Å²) in [7, 11) is 0. The van der Waals surface area contributed by atoms with Gasteiger partial charge >= 0.3 is 0 Å². The molecule has 2 aromatic carbocycles. The van der Waals surface area contributed by atoms with Crippen molar-refractivity contribution in [1.82, 2.24) is 9.97 Å². The Balaban J connectivity index is 2.17. The number of hydrogen-bond acceptors (Lipinski definition) is 1.